The number of amides is 1. The number of aliphatic hydroxyl groups is 1. The van der Waals surface area contributed by atoms with E-state index in [1.54, 1.807) is 0 Å². The summed E-state index contributed by atoms with van der Waals surface area (Å²) in [6, 6.07) is 3.82. The van der Waals surface area contributed by atoms with Crippen LogP contribution in [0.2, 0.25) is 0 Å². The molecule has 5 nitrogen and oxygen atoms in total. The van der Waals surface area contributed by atoms with E-state index < -0.39 is 17.5 Å². The highest BCUT2D eigenvalue weighted by molar-refractivity contribution is 6.52. The second-order valence-electron chi connectivity index (χ2n) is 5.38. The first-order chi connectivity index (χ1) is 9.56. The molecule has 1 unspecified atom stereocenters. The minimum atomic E-state index is -0.656. The molecule has 0 saturated carbocycles. The summed E-state index contributed by atoms with van der Waals surface area (Å²) < 4.78 is 13.2. The third kappa shape index (κ3) is 2.21. The number of piperidine rings is 1. The number of nitrogens with one attached hydrogen (secondary N) is 1. The normalized spacial score (nSPS) is 26.0. The lowest BCUT2D eigenvalue weighted by Crippen LogP contribution is -3.15. The first kappa shape index (κ1) is 13.2. The lowest BCUT2D eigenvalue weighted by atomic mass is 10.1. The largest absolute Gasteiger partial charge is 0.387 e. The van der Waals surface area contributed by atoms with Crippen molar-refractivity contribution in [3.05, 3.63) is 29.6 Å². The smallest absolute Gasteiger partial charge is 0.303 e. The monoisotopic (exact) mass is 279 g/mol. The van der Waals surface area contributed by atoms with Crippen molar-refractivity contribution < 1.29 is 24.0 Å². The second kappa shape index (κ2) is 4.96. The van der Waals surface area contributed by atoms with Crippen LogP contribution in [-0.4, -0.2) is 42.7 Å². The summed E-state index contributed by atoms with van der Waals surface area (Å²) in [5, 5.41) is 9.66. The molecule has 2 atom stereocenters. The van der Waals surface area contributed by atoms with Gasteiger partial charge in [-0.05, 0) is 31.0 Å². The Morgan fingerprint density at radius 1 is 1.40 bits per heavy atom. The van der Waals surface area contributed by atoms with E-state index in [1.165, 1.54) is 17.0 Å². The van der Waals surface area contributed by atoms with Gasteiger partial charge in [-0.1, -0.05) is 0 Å². The summed E-state index contributed by atoms with van der Waals surface area (Å²) in [7, 11) is 0. The number of quaternary nitrogens is 1. The van der Waals surface area contributed by atoms with E-state index in [4.69, 9.17) is 0 Å². The molecule has 1 aromatic rings. The minimum Gasteiger partial charge on any atom is -0.387 e. The van der Waals surface area contributed by atoms with Crippen LogP contribution in [0.3, 0.4) is 0 Å². The molecule has 6 heteroatoms. The molecule has 0 spiro atoms. The van der Waals surface area contributed by atoms with Crippen molar-refractivity contribution in [2.45, 2.75) is 18.9 Å². The van der Waals surface area contributed by atoms with Gasteiger partial charge in [-0.3, -0.25) is 14.5 Å². The molecular weight excluding hydrogens is 263 g/mol. The number of rotatable bonds is 2. The number of anilines is 1. The van der Waals surface area contributed by atoms with Crippen molar-refractivity contribution in [2.24, 2.45) is 0 Å². The van der Waals surface area contributed by atoms with Crippen LogP contribution in [0.15, 0.2) is 18.2 Å². The number of carbonyl (C=O) groups is 2. The average molecular weight is 279 g/mol. The van der Waals surface area contributed by atoms with Gasteiger partial charge in [0.05, 0.1) is 17.8 Å². The maximum atomic E-state index is 13.2. The van der Waals surface area contributed by atoms with Crippen LogP contribution in [-0.2, 0) is 4.79 Å². The number of Topliss-reactive ketones (excluding diaryl/α,β-unsaturated/α-hetero) is 1. The number of hydrogen-bond acceptors (Lipinski definition) is 3. The van der Waals surface area contributed by atoms with Gasteiger partial charge in [0, 0.05) is 0 Å². The standard InChI is InChI=1S/C14H15FN2O3/c15-9-3-4-12-11(6-9)13(19)14(20)17(12)8-16-5-1-2-10(18)7-16/h3-4,6,10,18H,1-2,5,7-8H2/p+1/t10-/m0/s1. The molecular formula is C14H16FN2O3+. The van der Waals surface area contributed by atoms with E-state index >= 15 is 0 Å². The second-order valence-corrected chi connectivity index (χ2v) is 5.38. The van der Waals surface area contributed by atoms with Gasteiger partial charge >= 0.3 is 5.91 Å². The number of hydrogen-bond donors (Lipinski definition) is 2. The van der Waals surface area contributed by atoms with E-state index in [0.29, 0.717) is 18.9 Å². The highest BCUT2D eigenvalue weighted by Crippen LogP contribution is 2.28. The molecule has 0 aromatic heterocycles. The van der Waals surface area contributed by atoms with Crippen LogP contribution in [0.25, 0.3) is 0 Å². The molecule has 2 N–H and O–H groups in total. The molecule has 0 bridgehead atoms. The Morgan fingerprint density at radius 3 is 2.95 bits per heavy atom. The summed E-state index contributed by atoms with van der Waals surface area (Å²) in [4.78, 5) is 26.3. The van der Waals surface area contributed by atoms with Gasteiger partial charge in [-0.15, -0.1) is 0 Å². The average Bonchev–Trinajstić information content (AvgIpc) is 2.64. The SMILES string of the molecule is O=C1C(=O)N(C[NH+]2CCC[C@H](O)C2)c2ccc(F)cc21. The predicted octanol–water partition coefficient (Wildman–Crippen LogP) is -0.648. The predicted molar refractivity (Wildman–Crippen MR) is 69.0 cm³/mol. The fourth-order valence-corrected chi connectivity index (χ4v) is 2.92. The maximum absolute atomic E-state index is 13.2. The van der Waals surface area contributed by atoms with Crippen molar-refractivity contribution in [2.75, 3.05) is 24.7 Å². The lowest BCUT2D eigenvalue weighted by molar-refractivity contribution is -0.907. The summed E-state index contributed by atoms with van der Waals surface area (Å²) in [6.07, 6.45) is 1.31. The zero-order valence-corrected chi connectivity index (χ0v) is 10.9. The van der Waals surface area contributed by atoms with E-state index in [1.807, 2.05) is 0 Å². The molecule has 2 aliphatic rings. The molecule has 0 radical (unpaired) electrons. The van der Waals surface area contributed by atoms with Crippen molar-refractivity contribution in [1.29, 1.82) is 0 Å². The first-order valence-corrected chi connectivity index (χ1v) is 6.73. The van der Waals surface area contributed by atoms with Crippen molar-refractivity contribution in [3.63, 3.8) is 0 Å². The van der Waals surface area contributed by atoms with E-state index in [9.17, 15) is 19.1 Å². The topological polar surface area (TPSA) is 62.0 Å². The molecule has 1 amide bonds. The fraction of sp³-hybridized carbons (Fsp3) is 0.429. The first-order valence-electron chi connectivity index (χ1n) is 6.73. The van der Waals surface area contributed by atoms with Crippen LogP contribution >= 0.6 is 0 Å². The van der Waals surface area contributed by atoms with Gasteiger partial charge in [-0.2, -0.15) is 0 Å². The van der Waals surface area contributed by atoms with Gasteiger partial charge in [0.15, 0.2) is 6.67 Å². The van der Waals surface area contributed by atoms with Crippen LogP contribution in [0.4, 0.5) is 10.1 Å². The highest BCUT2D eigenvalue weighted by Gasteiger charge is 2.38. The number of halogens is 1. The molecule has 2 heterocycles. The van der Waals surface area contributed by atoms with Gasteiger partial charge in [0.1, 0.15) is 18.5 Å². The molecule has 3 rings (SSSR count). The van der Waals surface area contributed by atoms with Crippen LogP contribution in [0, 0.1) is 5.82 Å². The summed E-state index contributed by atoms with van der Waals surface area (Å²) in [5.41, 5.74) is 0.598. The van der Waals surface area contributed by atoms with Gasteiger partial charge in [0.25, 0.3) is 5.78 Å². The number of aliphatic hydroxyl groups excluding tert-OH is 1. The molecule has 0 aliphatic carbocycles. The summed E-state index contributed by atoms with van der Waals surface area (Å²) >= 11 is 0. The van der Waals surface area contributed by atoms with Crippen LogP contribution < -0.4 is 9.80 Å². The van der Waals surface area contributed by atoms with E-state index in [0.717, 1.165) is 30.4 Å². The minimum absolute atomic E-state index is 0.131. The summed E-state index contributed by atoms with van der Waals surface area (Å²) in [6.45, 7) is 1.75. The highest BCUT2D eigenvalue weighted by atomic mass is 19.1. The third-order valence-electron chi connectivity index (χ3n) is 3.91. The third-order valence-corrected chi connectivity index (χ3v) is 3.91. The summed E-state index contributed by atoms with van der Waals surface area (Å²) in [5.74, 6) is -1.79. The zero-order chi connectivity index (χ0) is 14.3. The van der Waals surface area contributed by atoms with Gasteiger partial charge < -0.3 is 10.0 Å². The van der Waals surface area contributed by atoms with E-state index in [2.05, 4.69) is 0 Å². The lowest BCUT2D eigenvalue weighted by Gasteiger charge is -2.30. The Bertz CT molecular complexity index is 576. The Morgan fingerprint density at radius 2 is 2.20 bits per heavy atom. The Kier molecular flexibility index (Phi) is 3.27. The van der Waals surface area contributed by atoms with Crippen LogP contribution in [0.5, 0.6) is 0 Å². The zero-order valence-electron chi connectivity index (χ0n) is 10.9. The molecule has 1 fully saturated rings. The molecule has 1 saturated heterocycles. The molecule has 2 aliphatic heterocycles. The Labute approximate surface area is 115 Å². The number of carbonyl (C=O) groups excluding carboxylic acids is 2. The van der Waals surface area contributed by atoms with Gasteiger partial charge in [0.2, 0.25) is 0 Å². The number of benzene rings is 1. The Balaban J connectivity index is 1.84. The molecule has 106 valence electrons. The van der Waals surface area contributed by atoms with Crippen molar-refractivity contribution >= 4 is 17.4 Å². The molecule has 20 heavy (non-hydrogen) atoms. The van der Waals surface area contributed by atoms with Crippen LogP contribution in [0.1, 0.15) is 23.2 Å². The molecule has 1 aromatic carbocycles. The number of ketones is 1. The number of nitrogens with zero attached hydrogens (tertiary/aromatic N) is 1. The van der Waals surface area contributed by atoms with Crippen molar-refractivity contribution in [3.8, 4) is 0 Å². The number of fused-ring (bicyclic) bond motifs is 1. The fourth-order valence-electron chi connectivity index (χ4n) is 2.92. The Hall–Kier alpha value is -1.79. The number of likely N-dealkylation sites (tertiary alicyclic amines) is 1. The van der Waals surface area contributed by atoms with E-state index in [-0.39, 0.29) is 11.7 Å². The maximum Gasteiger partial charge on any atom is 0.303 e. The van der Waals surface area contributed by atoms with Gasteiger partial charge in [-0.25, -0.2) is 4.39 Å². The quantitative estimate of drug-likeness (QED) is 0.707. The van der Waals surface area contributed by atoms with Crippen molar-refractivity contribution in [1.82, 2.24) is 0 Å².